The number of anilines is 1. The third-order valence-corrected chi connectivity index (χ3v) is 4.28. The molecule has 2 heterocycles. The van der Waals surface area contributed by atoms with E-state index >= 15 is 0 Å². The number of H-pyrrole nitrogens is 1. The molecule has 112 valence electrons. The predicted molar refractivity (Wildman–Crippen MR) is 87.4 cm³/mol. The van der Waals surface area contributed by atoms with Crippen LogP contribution in [0.5, 0.6) is 0 Å². The molecule has 2 N–H and O–H groups in total. The highest BCUT2D eigenvalue weighted by atomic mass is 32.1. The number of ether oxygens (including phenoxy) is 1. The summed E-state index contributed by atoms with van der Waals surface area (Å²) in [6, 6.07) is 11.2. The van der Waals surface area contributed by atoms with Crippen LogP contribution in [0.2, 0.25) is 0 Å². The van der Waals surface area contributed by atoms with Gasteiger partial charge < -0.3 is 9.72 Å². The fourth-order valence-corrected chi connectivity index (χ4v) is 3.06. The first kappa shape index (κ1) is 14.3. The number of aromatic nitrogens is 1. The maximum absolute atomic E-state index is 12.0. The average Bonchev–Trinajstić information content (AvgIpc) is 3.00. The van der Waals surface area contributed by atoms with Gasteiger partial charge in [0.05, 0.1) is 4.70 Å². The minimum absolute atomic E-state index is 0.156. The second-order valence-corrected chi connectivity index (χ2v) is 5.72. The van der Waals surface area contributed by atoms with Crippen LogP contribution in [0.25, 0.3) is 10.1 Å². The summed E-state index contributed by atoms with van der Waals surface area (Å²) in [7, 11) is 0. The highest BCUT2D eigenvalue weighted by molar-refractivity contribution is 7.17. The van der Waals surface area contributed by atoms with E-state index < -0.39 is 6.09 Å². The summed E-state index contributed by atoms with van der Waals surface area (Å²) in [5.41, 5.74) is 1.56. The number of carbonyl (C=O) groups is 1. The molecule has 0 atom stereocenters. The van der Waals surface area contributed by atoms with Crippen LogP contribution >= 0.6 is 11.3 Å². The fraction of sp³-hybridized carbons (Fsp3) is 0.125. The van der Waals surface area contributed by atoms with Crippen LogP contribution in [0.1, 0.15) is 11.3 Å². The largest absolute Gasteiger partial charge is 0.444 e. The number of rotatable bonds is 3. The molecule has 0 unspecified atom stereocenters. The molecule has 0 bridgehead atoms. The first-order valence-electron chi connectivity index (χ1n) is 6.73. The second kappa shape index (κ2) is 6.03. The number of carbonyl (C=O) groups excluding carboxylic acids is 1. The van der Waals surface area contributed by atoms with Gasteiger partial charge in [0, 0.05) is 11.1 Å². The number of thiophene rings is 1. The Bertz CT molecular complexity index is 868. The molecule has 6 heteroatoms. The second-order valence-electron chi connectivity index (χ2n) is 4.80. The Morgan fingerprint density at radius 3 is 2.82 bits per heavy atom. The smallest absolute Gasteiger partial charge is 0.412 e. The van der Waals surface area contributed by atoms with Crippen LogP contribution in [0.4, 0.5) is 10.5 Å². The zero-order valence-corrected chi connectivity index (χ0v) is 12.7. The topological polar surface area (TPSA) is 71.2 Å². The van der Waals surface area contributed by atoms with E-state index in [2.05, 4.69) is 10.3 Å². The molecule has 22 heavy (non-hydrogen) atoms. The molecule has 3 aromatic rings. The van der Waals surface area contributed by atoms with Crippen molar-refractivity contribution in [2.75, 3.05) is 5.32 Å². The van der Waals surface area contributed by atoms with E-state index in [1.807, 2.05) is 48.7 Å². The van der Waals surface area contributed by atoms with Gasteiger partial charge in [-0.3, -0.25) is 10.1 Å². The molecule has 0 spiro atoms. The van der Waals surface area contributed by atoms with E-state index in [1.165, 1.54) is 11.3 Å². The molecule has 1 aromatic carbocycles. The number of hydrogen-bond acceptors (Lipinski definition) is 4. The Balaban J connectivity index is 1.77. The van der Waals surface area contributed by atoms with Crippen LogP contribution in [-0.4, -0.2) is 11.1 Å². The number of benzene rings is 1. The van der Waals surface area contributed by atoms with Crippen LogP contribution in [-0.2, 0) is 11.3 Å². The number of pyridine rings is 1. The summed E-state index contributed by atoms with van der Waals surface area (Å²) in [6.45, 7) is 1.99. The first-order chi connectivity index (χ1) is 10.6. The van der Waals surface area contributed by atoms with Gasteiger partial charge in [0.1, 0.15) is 12.3 Å². The van der Waals surface area contributed by atoms with Crippen LogP contribution in [0.15, 0.2) is 46.6 Å². The molecule has 2 aromatic heterocycles. The van der Waals surface area contributed by atoms with Gasteiger partial charge in [-0.15, -0.1) is 11.3 Å². The summed E-state index contributed by atoms with van der Waals surface area (Å²) in [4.78, 5) is 26.7. The molecule has 0 aliphatic carbocycles. The number of aromatic amines is 1. The van der Waals surface area contributed by atoms with Gasteiger partial charge in [0.15, 0.2) is 0 Å². The normalized spacial score (nSPS) is 10.6. The summed E-state index contributed by atoms with van der Waals surface area (Å²) in [5.74, 6) is 0. The van der Waals surface area contributed by atoms with Crippen molar-refractivity contribution in [3.05, 3.63) is 63.4 Å². The predicted octanol–water partition coefficient (Wildman–Crippen LogP) is 3.65. The van der Waals surface area contributed by atoms with Gasteiger partial charge in [-0.2, -0.15) is 0 Å². The van der Waals surface area contributed by atoms with Crippen molar-refractivity contribution in [3.8, 4) is 0 Å². The van der Waals surface area contributed by atoms with Crippen LogP contribution < -0.4 is 10.9 Å². The lowest BCUT2D eigenvalue weighted by Gasteiger charge is -2.08. The zero-order chi connectivity index (χ0) is 15.5. The SMILES string of the molecule is Cc1[nH]c(=O)c(NC(=O)OCc2ccccc2)c2ccsc12. The average molecular weight is 314 g/mol. The summed E-state index contributed by atoms with van der Waals surface area (Å²) < 4.78 is 6.09. The highest BCUT2D eigenvalue weighted by Gasteiger charge is 2.13. The Morgan fingerprint density at radius 1 is 1.27 bits per heavy atom. The van der Waals surface area contributed by atoms with Crippen molar-refractivity contribution < 1.29 is 9.53 Å². The quantitative estimate of drug-likeness (QED) is 0.775. The number of hydrogen-bond donors (Lipinski definition) is 2. The summed E-state index contributed by atoms with van der Waals surface area (Å²) >= 11 is 1.51. The van der Waals surface area contributed by atoms with Gasteiger partial charge in [-0.25, -0.2) is 4.79 Å². The van der Waals surface area contributed by atoms with E-state index in [1.54, 1.807) is 0 Å². The van der Waals surface area contributed by atoms with Gasteiger partial charge in [-0.1, -0.05) is 30.3 Å². The van der Waals surface area contributed by atoms with Crippen molar-refractivity contribution in [1.29, 1.82) is 0 Å². The minimum Gasteiger partial charge on any atom is -0.444 e. The molecule has 0 fully saturated rings. The standard InChI is InChI=1S/C16H14N2O3S/c1-10-14-12(7-8-22-14)13(15(19)17-10)18-16(20)21-9-11-5-3-2-4-6-11/h2-8H,9H2,1H3,(H,17,19)(H,18,20). The van der Waals surface area contributed by atoms with E-state index in [-0.39, 0.29) is 17.9 Å². The Labute approximate surface area is 130 Å². The number of fused-ring (bicyclic) bond motifs is 1. The Morgan fingerprint density at radius 2 is 2.05 bits per heavy atom. The first-order valence-corrected chi connectivity index (χ1v) is 7.61. The zero-order valence-electron chi connectivity index (χ0n) is 11.9. The maximum atomic E-state index is 12.0. The summed E-state index contributed by atoms with van der Waals surface area (Å²) in [5, 5.41) is 5.14. The summed E-state index contributed by atoms with van der Waals surface area (Å²) in [6.07, 6.45) is -0.647. The van der Waals surface area contributed by atoms with Crippen LogP contribution in [0, 0.1) is 6.92 Å². The lowest BCUT2D eigenvalue weighted by atomic mass is 10.2. The van der Waals surface area contributed by atoms with E-state index in [4.69, 9.17) is 4.74 Å². The maximum Gasteiger partial charge on any atom is 0.412 e. The third-order valence-electron chi connectivity index (χ3n) is 3.24. The fourth-order valence-electron chi connectivity index (χ4n) is 2.19. The molecule has 0 aliphatic rings. The molecular weight excluding hydrogens is 300 g/mol. The number of amides is 1. The molecule has 1 amide bonds. The molecule has 0 saturated carbocycles. The lowest BCUT2D eigenvalue weighted by molar-refractivity contribution is 0.155. The van der Waals surface area contributed by atoms with Gasteiger partial charge in [0.2, 0.25) is 0 Å². The van der Waals surface area contributed by atoms with E-state index in [0.29, 0.717) is 0 Å². The number of nitrogens with one attached hydrogen (secondary N) is 2. The third kappa shape index (κ3) is 2.87. The Hall–Kier alpha value is -2.60. The van der Waals surface area contributed by atoms with Crippen molar-refractivity contribution in [1.82, 2.24) is 4.98 Å². The number of aryl methyl sites for hydroxylation is 1. The van der Waals surface area contributed by atoms with Crippen molar-refractivity contribution in [2.24, 2.45) is 0 Å². The van der Waals surface area contributed by atoms with Gasteiger partial charge in [0.25, 0.3) is 5.56 Å². The molecule has 5 nitrogen and oxygen atoms in total. The van der Waals surface area contributed by atoms with Crippen molar-refractivity contribution >= 4 is 33.2 Å². The van der Waals surface area contributed by atoms with Crippen LogP contribution in [0.3, 0.4) is 0 Å². The van der Waals surface area contributed by atoms with Gasteiger partial charge in [-0.05, 0) is 23.9 Å². The molecule has 0 aliphatic heterocycles. The lowest BCUT2D eigenvalue weighted by Crippen LogP contribution is -2.21. The highest BCUT2D eigenvalue weighted by Crippen LogP contribution is 2.27. The van der Waals surface area contributed by atoms with Gasteiger partial charge >= 0.3 is 6.09 Å². The van der Waals surface area contributed by atoms with Crippen molar-refractivity contribution in [3.63, 3.8) is 0 Å². The van der Waals surface area contributed by atoms with Crippen molar-refractivity contribution in [2.45, 2.75) is 13.5 Å². The monoisotopic (exact) mass is 314 g/mol. The Kier molecular flexibility index (Phi) is 3.93. The van der Waals surface area contributed by atoms with E-state index in [9.17, 15) is 9.59 Å². The minimum atomic E-state index is -0.647. The van der Waals surface area contributed by atoms with E-state index in [0.717, 1.165) is 21.3 Å². The molecular formula is C16H14N2O3S. The molecule has 0 saturated heterocycles. The molecule has 0 radical (unpaired) electrons. The molecule has 3 rings (SSSR count).